The molecule has 3 aromatic carbocycles. The minimum atomic E-state index is -0.407. The van der Waals surface area contributed by atoms with Crippen molar-refractivity contribution in [3.05, 3.63) is 89.2 Å². The van der Waals surface area contributed by atoms with Gasteiger partial charge in [0.25, 0.3) is 5.91 Å². The van der Waals surface area contributed by atoms with E-state index in [1.165, 1.54) is 0 Å². The van der Waals surface area contributed by atoms with E-state index in [0.717, 1.165) is 16.5 Å². The van der Waals surface area contributed by atoms with Gasteiger partial charge in [0, 0.05) is 28.4 Å². The van der Waals surface area contributed by atoms with Crippen LogP contribution in [0, 0.1) is 0 Å². The van der Waals surface area contributed by atoms with Gasteiger partial charge < -0.3 is 16.4 Å². The molecule has 0 spiro atoms. The first kappa shape index (κ1) is 21.8. The molecule has 0 unspecified atom stereocenters. The van der Waals surface area contributed by atoms with E-state index in [0.29, 0.717) is 40.5 Å². The maximum atomic E-state index is 12.9. The highest BCUT2D eigenvalue weighted by atomic mass is 35.5. The summed E-state index contributed by atoms with van der Waals surface area (Å²) in [4.78, 5) is 21.8. The van der Waals surface area contributed by atoms with Crippen molar-refractivity contribution < 1.29 is 4.79 Å². The summed E-state index contributed by atoms with van der Waals surface area (Å²) in [5.41, 5.74) is 8.79. The predicted molar refractivity (Wildman–Crippen MR) is 134 cm³/mol. The lowest BCUT2D eigenvalue weighted by molar-refractivity contribution is 0.0941. The van der Waals surface area contributed by atoms with Crippen LogP contribution in [-0.2, 0) is 6.42 Å². The fraction of sp³-hybridized carbons (Fsp3) is 0.120. The number of hydrogen-bond donors (Lipinski definition) is 4. The molecule has 5 aromatic rings. The average Bonchev–Trinajstić information content (AvgIpc) is 3.26. The second kappa shape index (κ2) is 9.46. The molecular formula is C25H22ClN7O. The Morgan fingerprint density at radius 2 is 1.76 bits per heavy atom. The number of hydrogen-bond acceptors (Lipinski definition) is 6. The van der Waals surface area contributed by atoms with Gasteiger partial charge in [-0.3, -0.25) is 9.89 Å². The Morgan fingerprint density at radius 3 is 2.62 bits per heavy atom. The number of aromatic nitrogens is 4. The number of carbonyl (C=O) groups is 1. The van der Waals surface area contributed by atoms with Crippen LogP contribution in [0.2, 0.25) is 5.02 Å². The number of fused-ring (bicyclic) bond motifs is 2. The molecule has 0 saturated heterocycles. The third-order valence-corrected chi connectivity index (χ3v) is 5.67. The average molecular weight is 472 g/mol. The normalized spacial score (nSPS) is 12.1. The number of nitrogens with two attached hydrogens (primary N) is 1. The molecule has 8 nitrogen and oxygen atoms in total. The maximum Gasteiger partial charge on any atom is 0.289 e. The van der Waals surface area contributed by atoms with Gasteiger partial charge in [0.1, 0.15) is 5.82 Å². The number of H-pyrrole nitrogens is 1. The van der Waals surface area contributed by atoms with Crippen molar-refractivity contribution in [3.63, 3.8) is 0 Å². The first-order valence-electron chi connectivity index (χ1n) is 10.8. The van der Waals surface area contributed by atoms with Gasteiger partial charge in [-0.25, -0.2) is 9.97 Å². The number of benzene rings is 3. The van der Waals surface area contributed by atoms with Crippen LogP contribution < -0.4 is 16.4 Å². The molecule has 0 bridgehead atoms. The van der Waals surface area contributed by atoms with E-state index in [2.05, 4.69) is 30.8 Å². The van der Waals surface area contributed by atoms with E-state index in [-0.39, 0.29) is 11.9 Å². The number of rotatable bonds is 7. The van der Waals surface area contributed by atoms with Gasteiger partial charge in [0.05, 0.1) is 11.0 Å². The van der Waals surface area contributed by atoms with Gasteiger partial charge in [-0.05, 0) is 42.3 Å². The van der Waals surface area contributed by atoms with Gasteiger partial charge >= 0.3 is 0 Å². The van der Waals surface area contributed by atoms with Crippen molar-refractivity contribution in [1.82, 2.24) is 25.5 Å². The molecular weight excluding hydrogens is 450 g/mol. The minimum absolute atomic E-state index is 0.0316. The quantitative estimate of drug-likeness (QED) is 0.282. The first-order chi connectivity index (χ1) is 16.6. The largest absolute Gasteiger partial charge is 0.348 e. The van der Waals surface area contributed by atoms with Crippen LogP contribution >= 0.6 is 11.6 Å². The van der Waals surface area contributed by atoms with Crippen LogP contribution in [0.5, 0.6) is 0 Å². The number of nitrogens with one attached hydrogen (secondary N) is 3. The van der Waals surface area contributed by atoms with E-state index in [4.69, 9.17) is 17.3 Å². The van der Waals surface area contributed by atoms with Gasteiger partial charge in [-0.1, -0.05) is 54.1 Å². The van der Waals surface area contributed by atoms with Crippen molar-refractivity contribution in [2.24, 2.45) is 5.73 Å². The Hall–Kier alpha value is -4.01. The standard InChI is InChI=1S/C25H22ClN7O/c26-16-10-11-20-19(13-16)22(30-23-18-8-4-5-9-21(18)32-33-23)31-24(29-20)25(34)28-14-17(27)12-15-6-2-1-3-7-15/h1-11,13,17H,12,14,27H2,(H,28,34)(H2,29,30,31,32,33)/t17-/m0/s1. The summed E-state index contributed by atoms with van der Waals surface area (Å²) in [7, 11) is 0. The van der Waals surface area contributed by atoms with E-state index >= 15 is 0 Å². The summed E-state index contributed by atoms with van der Waals surface area (Å²) < 4.78 is 0. The minimum Gasteiger partial charge on any atom is -0.348 e. The lowest BCUT2D eigenvalue weighted by atomic mass is 10.1. The molecule has 2 aromatic heterocycles. The van der Waals surface area contributed by atoms with Crippen LogP contribution in [0.4, 0.5) is 11.6 Å². The second-order valence-corrected chi connectivity index (χ2v) is 8.40. The Balaban J connectivity index is 1.40. The highest BCUT2D eigenvalue weighted by Crippen LogP contribution is 2.29. The van der Waals surface area contributed by atoms with Crippen LogP contribution in [0.1, 0.15) is 16.2 Å². The van der Waals surface area contributed by atoms with Crippen LogP contribution in [-0.4, -0.2) is 38.7 Å². The van der Waals surface area contributed by atoms with Crippen molar-refractivity contribution >= 4 is 50.9 Å². The van der Waals surface area contributed by atoms with Gasteiger partial charge in [0.15, 0.2) is 5.82 Å². The number of carbonyl (C=O) groups excluding carboxylic acids is 1. The smallest absolute Gasteiger partial charge is 0.289 e. The summed E-state index contributed by atoms with van der Waals surface area (Å²) in [6.45, 7) is 0.294. The van der Waals surface area contributed by atoms with Crippen LogP contribution in [0.25, 0.3) is 21.8 Å². The first-order valence-corrected chi connectivity index (χ1v) is 11.2. The summed E-state index contributed by atoms with van der Waals surface area (Å²) in [5, 5.41) is 15.5. The molecule has 0 saturated carbocycles. The van der Waals surface area contributed by atoms with Gasteiger partial charge in [-0.15, -0.1) is 0 Å². The zero-order valence-electron chi connectivity index (χ0n) is 18.1. The van der Waals surface area contributed by atoms with Crippen molar-refractivity contribution in [1.29, 1.82) is 0 Å². The monoisotopic (exact) mass is 471 g/mol. The SMILES string of the molecule is N[C@H](CNC(=O)c1nc(Nc2n[nH]c3ccccc23)c2cc(Cl)ccc2n1)Cc1ccccc1. The van der Waals surface area contributed by atoms with E-state index in [1.54, 1.807) is 18.2 Å². The number of para-hydroxylation sites is 1. The van der Waals surface area contributed by atoms with Crippen molar-refractivity contribution in [2.45, 2.75) is 12.5 Å². The van der Waals surface area contributed by atoms with Gasteiger partial charge in [0.2, 0.25) is 5.82 Å². The zero-order valence-corrected chi connectivity index (χ0v) is 18.9. The topological polar surface area (TPSA) is 122 Å². The molecule has 0 radical (unpaired) electrons. The van der Waals surface area contributed by atoms with E-state index in [1.807, 2.05) is 54.6 Å². The van der Waals surface area contributed by atoms with E-state index < -0.39 is 5.91 Å². The molecule has 5 N–H and O–H groups in total. The number of nitrogens with zero attached hydrogens (tertiary/aromatic N) is 3. The van der Waals surface area contributed by atoms with E-state index in [9.17, 15) is 4.79 Å². The summed E-state index contributed by atoms with van der Waals surface area (Å²) in [6, 6.07) is 22.6. The molecule has 2 heterocycles. The molecule has 0 aliphatic carbocycles. The molecule has 0 fully saturated rings. The molecule has 5 rings (SSSR count). The third kappa shape index (κ3) is 4.68. The number of amides is 1. The van der Waals surface area contributed by atoms with Crippen molar-refractivity contribution in [3.8, 4) is 0 Å². The molecule has 9 heteroatoms. The molecule has 1 atom stereocenters. The Kier molecular flexibility index (Phi) is 6.07. The highest BCUT2D eigenvalue weighted by Gasteiger charge is 2.17. The molecule has 0 aliphatic heterocycles. The van der Waals surface area contributed by atoms with Crippen molar-refractivity contribution in [2.75, 3.05) is 11.9 Å². The fourth-order valence-corrected chi connectivity index (χ4v) is 3.93. The fourth-order valence-electron chi connectivity index (χ4n) is 3.76. The summed E-state index contributed by atoms with van der Waals surface area (Å²) >= 11 is 6.22. The molecule has 170 valence electrons. The Morgan fingerprint density at radius 1 is 0.971 bits per heavy atom. The Bertz CT molecular complexity index is 1470. The second-order valence-electron chi connectivity index (χ2n) is 7.96. The highest BCUT2D eigenvalue weighted by molar-refractivity contribution is 6.31. The lowest BCUT2D eigenvalue weighted by Crippen LogP contribution is -2.39. The lowest BCUT2D eigenvalue weighted by Gasteiger charge is -2.14. The zero-order chi connectivity index (χ0) is 23.5. The maximum absolute atomic E-state index is 12.9. The number of aromatic amines is 1. The molecule has 0 aliphatic rings. The predicted octanol–water partition coefficient (Wildman–Crippen LogP) is 4.20. The number of halogens is 1. The van der Waals surface area contributed by atoms with Crippen LogP contribution in [0.15, 0.2) is 72.8 Å². The number of anilines is 2. The Labute approximate surface area is 200 Å². The third-order valence-electron chi connectivity index (χ3n) is 5.43. The summed E-state index contributed by atoms with van der Waals surface area (Å²) in [5.74, 6) is 0.648. The summed E-state index contributed by atoms with van der Waals surface area (Å²) in [6.07, 6.45) is 0.650. The molecule has 1 amide bonds. The van der Waals surface area contributed by atoms with Gasteiger partial charge in [-0.2, -0.15) is 5.10 Å². The molecule has 34 heavy (non-hydrogen) atoms. The van der Waals surface area contributed by atoms with Crippen LogP contribution in [0.3, 0.4) is 0 Å².